The predicted octanol–water partition coefficient (Wildman–Crippen LogP) is 6.54. The van der Waals surface area contributed by atoms with Crippen LogP contribution < -0.4 is 5.73 Å². The lowest BCUT2D eigenvalue weighted by atomic mass is 9.75. The zero-order chi connectivity index (χ0) is 26.1. The first-order valence-electron chi connectivity index (χ1n) is 12.0. The van der Waals surface area contributed by atoms with E-state index in [0.29, 0.717) is 44.5 Å². The summed E-state index contributed by atoms with van der Waals surface area (Å²) in [6, 6.07) is 1.26. The third kappa shape index (κ3) is 7.95. The molecule has 36 heavy (non-hydrogen) atoms. The fraction of sp³-hybridized carbons (Fsp3) is 0.692. The van der Waals surface area contributed by atoms with E-state index in [1.807, 2.05) is 6.92 Å². The summed E-state index contributed by atoms with van der Waals surface area (Å²) in [7, 11) is 0. The van der Waals surface area contributed by atoms with Gasteiger partial charge < -0.3 is 10.6 Å². The minimum absolute atomic E-state index is 0. The van der Waals surface area contributed by atoms with Crippen LogP contribution in [0.1, 0.15) is 88.8 Å². The molecule has 204 valence electrons. The van der Waals surface area contributed by atoms with Crippen molar-refractivity contribution in [2.75, 3.05) is 13.1 Å². The Balaban J connectivity index is 0.00000456. The van der Waals surface area contributed by atoms with E-state index in [-0.39, 0.29) is 31.4 Å². The molecule has 0 bridgehead atoms. The van der Waals surface area contributed by atoms with Crippen molar-refractivity contribution < 1.29 is 35.9 Å². The number of piperidine rings is 1. The van der Waals surface area contributed by atoms with Crippen LogP contribution in [0.5, 0.6) is 0 Å². The van der Waals surface area contributed by atoms with Gasteiger partial charge in [0.1, 0.15) is 5.78 Å². The molecule has 1 aromatic carbocycles. The molecule has 0 aromatic heterocycles. The summed E-state index contributed by atoms with van der Waals surface area (Å²) in [5.74, 6) is -0.436. The van der Waals surface area contributed by atoms with Gasteiger partial charge in [-0.3, -0.25) is 9.59 Å². The molecule has 1 aliphatic heterocycles. The molecule has 0 atom stereocenters. The zero-order valence-electron chi connectivity index (χ0n) is 19.8. The van der Waals surface area contributed by atoms with Gasteiger partial charge in [0.2, 0.25) is 5.91 Å². The van der Waals surface area contributed by atoms with Gasteiger partial charge in [-0.2, -0.15) is 26.3 Å². The maximum atomic E-state index is 13.1. The molecule has 2 N–H and O–H groups in total. The van der Waals surface area contributed by atoms with E-state index < -0.39 is 46.6 Å². The summed E-state index contributed by atoms with van der Waals surface area (Å²) in [5.41, 5.74) is 2.29. The molecule has 1 aliphatic carbocycles. The second-order valence-corrected chi connectivity index (χ2v) is 10.6. The Morgan fingerprint density at radius 1 is 0.861 bits per heavy atom. The van der Waals surface area contributed by atoms with Crippen LogP contribution in [0.4, 0.5) is 26.3 Å². The smallest absolute Gasteiger partial charge is 0.343 e. The fourth-order valence-electron chi connectivity index (χ4n) is 5.21. The molecule has 0 radical (unpaired) electrons. The lowest BCUT2D eigenvalue weighted by Gasteiger charge is -2.41. The zero-order valence-corrected chi connectivity index (χ0v) is 19.8. The van der Waals surface area contributed by atoms with E-state index in [1.165, 1.54) is 0 Å². The molecule has 2 aliphatic rings. The van der Waals surface area contributed by atoms with E-state index >= 15 is 0 Å². The maximum Gasteiger partial charge on any atom is 0.416 e. The Morgan fingerprint density at radius 3 is 1.83 bits per heavy atom. The third-order valence-electron chi connectivity index (χ3n) is 7.35. The number of hydrogen-bond donors (Lipinski definition) is 1. The molecule has 3 rings (SSSR count). The summed E-state index contributed by atoms with van der Waals surface area (Å²) in [6.07, 6.45) is -4.25. The molecular formula is C26H36F6N2O2. The molecule has 0 unspecified atom stereocenters. The molecule has 0 spiro atoms. The minimum Gasteiger partial charge on any atom is -0.343 e. The molecular weight excluding hydrogens is 486 g/mol. The topological polar surface area (TPSA) is 63.4 Å². The largest absolute Gasteiger partial charge is 0.416 e. The highest BCUT2D eigenvalue weighted by Gasteiger charge is 2.39. The summed E-state index contributed by atoms with van der Waals surface area (Å²) in [4.78, 5) is 27.2. The number of halogens is 6. The van der Waals surface area contributed by atoms with Crippen LogP contribution in [0.15, 0.2) is 18.2 Å². The maximum absolute atomic E-state index is 13.1. The second-order valence-electron chi connectivity index (χ2n) is 10.6. The number of likely N-dealkylation sites (tertiary alicyclic amines) is 1. The molecule has 1 saturated heterocycles. The number of hydrogen-bond acceptors (Lipinski definition) is 3. The highest BCUT2D eigenvalue weighted by Crippen LogP contribution is 2.38. The number of benzene rings is 1. The number of nitrogens with zero attached hydrogens (tertiary/aromatic N) is 1. The lowest BCUT2D eigenvalue weighted by molar-refractivity contribution is -0.143. The highest BCUT2D eigenvalue weighted by molar-refractivity contribution is 5.82. The molecule has 10 heteroatoms. The standard InChI is InChI=1S/C25H32F6N2O2.CH4/c1-22(7-9-33(10-8-22)21(35)16-23(32)5-3-2-4-6-23)15-20(34)13-17-11-18(24(26,27)28)14-19(12-17)25(29,30)31;/h11-12,14H,2-10,13,15-16,32H2,1H3;1H4. The summed E-state index contributed by atoms with van der Waals surface area (Å²) in [6.45, 7) is 2.76. The van der Waals surface area contributed by atoms with E-state index in [0.717, 1.165) is 32.1 Å². The van der Waals surface area contributed by atoms with Crippen molar-refractivity contribution >= 4 is 11.7 Å². The Kier molecular flexibility index (Phi) is 9.30. The summed E-state index contributed by atoms with van der Waals surface area (Å²) >= 11 is 0. The van der Waals surface area contributed by atoms with Crippen LogP contribution in [-0.2, 0) is 28.4 Å². The van der Waals surface area contributed by atoms with Gasteiger partial charge in [-0.1, -0.05) is 33.6 Å². The molecule has 1 saturated carbocycles. The van der Waals surface area contributed by atoms with Gasteiger partial charge in [0.15, 0.2) is 0 Å². The monoisotopic (exact) mass is 522 g/mol. The van der Waals surface area contributed by atoms with Crippen LogP contribution in [0.2, 0.25) is 0 Å². The molecule has 2 fully saturated rings. The second kappa shape index (κ2) is 11.1. The number of amides is 1. The average Bonchev–Trinajstić information content (AvgIpc) is 2.72. The molecule has 1 aromatic rings. The van der Waals surface area contributed by atoms with E-state index in [9.17, 15) is 35.9 Å². The van der Waals surface area contributed by atoms with Crippen molar-refractivity contribution in [1.82, 2.24) is 4.90 Å². The number of rotatable bonds is 6. The quantitative estimate of drug-likeness (QED) is 0.432. The first kappa shape index (κ1) is 30.1. The highest BCUT2D eigenvalue weighted by atomic mass is 19.4. The number of carbonyl (C=O) groups is 2. The Bertz CT molecular complexity index is 895. The van der Waals surface area contributed by atoms with Crippen molar-refractivity contribution in [3.63, 3.8) is 0 Å². The van der Waals surface area contributed by atoms with Crippen LogP contribution in [0.25, 0.3) is 0 Å². The number of nitrogens with two attached hydrogens (primary N) is 1. The Labute approximate surface area is 208 Å². The predicted molar refractivity (Wildman–Crippen MR) is 125 cm³/mol. The number of alkyl halides is 6. The van der Waals surface area contributed by atoms with Gasteiger partial charge in [0, 0.05) is 37.9 Å². The number of Topliss-reactive ketones (excluding diaryl/α,β-unsaturated/α-hetero) is 1. The van der Waals surface area contributed by atoms with Gasteiger partial charge in [-0.15, -0.1) is 0 Å². The molecule has 1 heterocycles. The van der Waals surface area contributed by atoms with Crippen LogP contribution in [-0.4, -0.2) is 35.2 Å². The summed E-state index contributed by atoms with van der Waals surface area (Å²) < 4.78 is 78.5. The SMILES string of the molecule is C.CC1(CC(=O)Cc2cc(C(F)(F)F)cc(C(F)(F)F)c2)CCN(C(=O)CC2(N)CCCCC2)CC1. The minimum atomic E-state index is -4.95. The van der Waals surface area contributed by atoms with Crippen LogP contribution >= 0.6 is 0 Å². The number of carbonyl (C=O) groups excluding carboxylic acids is 2. The summed E-state index contributed by atoms with van der Waals surface area (Å²) in [5, 5.41) is 0. The van der Waals surface area contributed by atoms with Gasteiger partial charge in [0.05, 0.1) is 11.1 Å². The Hall–Kier alpha value is -2.10. The van der Waals surface area contributed by atoms with Crippen molar-refractivity contribution in [2.24, 2.45) is 11.1 Å². The lowest BCUT2D eigenvalue weighted by Crippen LogP contribution is -2.49. The van der Waals surface area contributed by atoms with Crippen molar-refractivity contribution in [3.8, 4) is 0 Å². The van der Waals surface area contributed by atoms with Crippen molar-refractivity contribution in [3.05, 3.63) is 34.9 Å². The fourth-order valence-corrected chi connectivity index (χ4v) is 5.21. The normalized spacial score (nSPS) is 19.9. The third-order valence-corrected chi connectivity index (χ3v) is 7.35. The van der Waals surface area contributed by atoms with Crippen molar-refractivity contribution in [2.45, 2.75) is 96.5 Å². The van der Waals surface area contributed by atoms with Crippen LogP contribution in [0, 0.1) is 5.41 Å². The first-order chi connectivity index (χ1) is 16.1. The van der Waals surface area contributed by atoms with E-state index in [4.69, 9.17) is 5.73 Å². The van der Waals surface area contributed by atoms with Gasteiger partial charge in [-0.05, 0) is 54.9 Å². The molecule has 1 amide bonds. The van der Waals surface area contributed by atoms with E-state index in [1.54, 1.807) is 4.90 Å². The average molecular weight is 523 g/mol. The van der Waals surface area contributed by atoms with Crippen LogP contribution in [0.3, 0.4) is 0 Å². The van der Waals surface area contributed by atoms with Gasteiger partial charge in [-0.25, -0.2) is 0 Å². The molecule has 4 nitrogen and oxygen atoms in total. The number of ketones is 1. The van der Waals surface area contributed by atoms with Gasteiger partial charge >= 0.3 is 12.4 Å². The van der Waals surface area contributed by atoms with E-state index in [2.05, 4.69) is 0 Å². The van der Waals surface area contributed by atoms with Gasteiger partial charge in [0.25, 0.3) is 0 Å². The Morgan fingerprint density at radius 2 is 1.36 bits per heavy atom. The first-order valence-corrected chi connectivity index (χ1v) is 12.0. The van der Waals surface area contributed by atoms with Crippen molar-refractivity contribution in [1.29, 1.82) is 0 Å².